The smallest absolute Gasteiger partial charge is 0.289 e. The molecule has 350 valence electrons. The number of hydrogen-bond donors (Lipinski definition) is 2. The van der Waals surface area contributed by atoms with Crippen molar-refractivity contribution < 1.29 is 28.0 Å². The van der Waals surface area contributed by atoms with E-state index in [1.54, 1.807) is 79.4 Å². The van der Waals surface area contributed by atoms with Crippen LogP contribution in [0.2, 0.25) is 0 Å². The fraction of sp³-hybridized carbons (Fsp3) is 0.320. The number of nitrogens with one attached hydrogen (secondary N) is 2. The van der Waals surface area contributed by atoms with E-state index in [1.165, 1.54) is 15.9 Å². The lowest BCUT2D eigenvalue weighted by Gasteiger charge is -2.40. The summed E-state index contributed by atoms with van der Waals surface area (Å²) in [6, 6.07) is 16.9. The number of aromatic amines is 1. The Morgan fingerprint density at radius 1 is 0.750 bits per heavy atom. The third-order valence-corrected chi connectivity index (χ3v) is 12.9. The molecular formula is C50H53FN12O5. The van der Waals surface area contributed by atoms with Gasteiger partial charge in [-0.2, -0.15) is 0 Å². The van der Waals surface area contributed by atoms with Crippen molar-refractivity contribution in [3.05, 3.63) is 125 Å². The Hall–Kier alpha value is -7.89. The summed E-state index contributed by atoms with van der Waals surface area (Å²) in [6.07, 6.45) is 11.1. The van der Waals surface area contributed by atoms with Crippen LogP contribution in [0.5, 0.6) is 0 Å². The molecule has 0 spiro atoms. The van der Waals surface area contributed by atoms with Gasteiger partial charge in [0.25, 0.3) is 11.8 Å². The number of halogens is 1. The second kappa shape index (κ2) is 18.8. The second-order valence-electron chi connectivity index (χ2n) is 17.9. The fourth-order valence-electron chi connectivity index (χ4n) is 9.25. The van der Waals surface area contributed by atoms with Gasteiger partial charge in [-0.15, -0.1) is 10.2 Å². The Bertz CT molecular complexity index is 3110. The highest BCUT2D eigenvalue weighted by atomic mass is 19.1. The number of rotatable bonds is 13. The van der Waals surface area contributed by atoms with Gasteiger partial charge < -0.3 is 34.3 Å². The average molecular weight is 921 g/mol. The minimum absolute atomic E-state index is 0.0151. The van der Waals surface area contributed by atoms with Crippen LogP contribution < -0.4 is 5.32 Å². The molecule has 0 saturated heterocycles. The third-order valence-electron chi connectivity index (χ3n) is 12.9. The molecule has 3 aromatic carbocycles. The molecule has 17 nitrogen and oxygen atoms in total. The molecule has 2 aliphatic rings. The molecule has 0 radical (unpaired) electrons. The molecule has 7 aromatic rings. The van der Waals surface area contributed by atoms with E-state index in [0.717, 1.165) is 44.4 Å². The summed E-state index contributed by atoms with van der Waals surface area (Å²) in [4.78, 5) is 64.7. The van der Waals surface area contributed by atoms with Crippen LogP contribution in [-0.4, -0.2) is 140 Å². The molecule has 6 heterocycles. The largest absolute Gasteiger partial charge is 0.451 e. The molecular weight excluding hydrogens is 868 g/mol. The standard InChI is InChI=1S/C50H53FN12O5/c1-30-19-36(52-2)7-8-37(30)39-22-31(23-42-40(39)24-43(55-42)49(66)58(3)4)32-20-33(27-60(26-32)46(64)11-15-62-17-13-53-56-62)34-21-35(29-61(28-34)47(65)12-16-63-18-14-54-57-63)38-9-10-44-41(48(38)51)25-45(68-44)50(67)59(5)6/h7-10,13-14,17-25,33-34,52,55H,11-12,15-16,26-29H2,1-6H3. The minimum Gasteiger partial charge on any atom is -0.451 e. The maximum Gasteiger partial charge on any atom is 0.289 e. The highest BCUT2D eigenvalue weighted by Gasteiger charge is 2.35. The third kappa shape index (κ3) is 9.13. The number of carbonyl (C=O) groups is 4. The summed E-state index contributed by atoms with van der Waals surface area (Å²) in [7, 11) is 8.51. The van der Waals surface area contributed by atoms with Gasteiger partial charge in [0.15, 0.2) is 5.76 Å². The van der Waals surface area contributed by atoms with E-state index in [9.17, 15) is 19.2 Å². The number of carbonyl (C=O) groups excluding carboxylic acids is 4. The lowest BCUT2D eigenvalue weighted by molar-refractivity contribution is -0.133. The number of hydrogen-bond acceptors (Lipinski definition) is 10. The van der Waals surface area contributed by atoms with Crippen LogP contribution in [0.25, 0.3) is 44.1 Å². The van der Waals surface area contributed by atoms with E-state index in [-0.39, 0.29) is 71.2 Å². The van der Waals surface area contributed by atoms with Crippen LogP contribution in [0.3, 0.4) is 0 Å². The lowest BCUT2D eigenvalue weighted by Crippen LogP contribution is -2.46. The van der Waals surface area contributed by atoms with Crippen molar-refractivity contribution in [2.45, 2.75) is 32.9 Å². The van der Waals surface area contributed by atoms with Crippen LogP contribution in [0, 0.1) is 24.6 Å². The second-order valence-corrected chi connectivity index (χ2v) is 17.9. The normalized spacial score (nSPS) is 16.2. The van der Waals surface area contributed by atoms with Gasteiger partial charge in [-0.3, -0.25) is 28.5 Å². The molecule has 4 aromatic heterocycles. The molecule has 18 heteroatoms. The van der Waals surface area contributed by atoms with Crippen LogP contribution in [-0.2, 0) is 22.7 Å². The summed E-state index contributed by atoms with van der Waals surface area (Å²) in [6.45, 7) is 3.76. The SMILES string of the molecule is CNc1ccc(-c2cc(C3=CC(C4C=C(c5ccc6oc(C(=O)N(C)C)cc6c5F)CN(C(=O)CCn5ccnn5)C4)CN(C(=O)CCn4ccnn4)C3)cc3[nH]c(C(=O)N(C)C)cc23)c(C)c1. The number of H-pyrrole nitrogens is 1. The Labute approximate surface area is 391 Å². The number of amides is 4. The number of anilines is 1. The molecule has 0 fully saturated rings. The molecule has 0 aliphatic carbocycles. The zero-order chi connectivity index (χ0) is 47.8. The van der Waals surface area contributed by atoms with E-state index >= 15 is 4.39 Å². The molecule has 2 unspecified atom stereocenters. The van der Waals surface area contributed by atoms with Crippen molar-refractivity contribution >= 4 is 62.3 Å². The Balaban J connectivity index is 1.16. The maximum atomic E-state index is 16.8. The van der Waals surface area contributed by atoms with E-state index in [4.69, 9.17) is 4.42 Å². The summed E-state index contributed by atoms with van der Waals surface area (Å²) < 4.78 is 25.8. The Kier molecular flexibility index (Phi) is 12.5. The highest BCUT2D eigenvalue weighted by Crippen LogP contribution is 2.40. The number of nitrogens with zero attached hydrogens (tertiary/aromatic N) is 10. The van der Waals surface area contributed by atoms with Crippen LogP contribution in [0.4, 0.5) is 10.1 Å². The summed E-state index contributed by atoms with van der Waals surface area (Å²) in [5.41, 5.74) is 7.96. The zero-order valence-electron chi connectivity index (χ0n) is 38.9. The van der Waals surface area contributed by atoms with Crippen molar-refractivity contribution in [1.29, 1.82) is 0 Å². The molecule has 0 bridgehead atoms. The first kappa shape index (κ1) is 45.3. The van der Waals surface area contributed by atoms with Crippen molar-refractivity contribution in [3.63, 3.8) is 0 Å². The molecule has 4 amide bonds. The molecule has 68 heavy (non-hydrogen) atoms. The highest BCUT2D eigenvalue weighted by molar-refractivity contribution is 6.05. The van der Waals surface area contributed by atoms with Crippen molar-refractivity contribution in [3.8, 4) is 11.1 Å². The minimum atomic E-state index is -0.562. The monoisotopic (exact) mass is 920 g/mol. The first-order valence-corrected chi connectivity index (χ1v) is 22.5. The summed E-state index contributed by atoms with van der Waals surface area (Å²) in [5, 5.41) is 20.2. The quantitative estimate of drug-likeness (QED) is 0.135. The van der Waals surface area contributed by atoms with Gasteiger partial charge in [-0.05, 0) is 82.8 Å². The van der Waals surface area contributed by atoms with Crippen molar-refractivity contribution in [1.82, 2.24) is 54.6 Å². The van der Waals surface area contributed by atoms with Crippen LogP contribution in [0.15, 0.2) is 96.0 Å². The predicted octanol–water partition coefficient (Wildman–Crippen LogP) is 6.22. The topological polar surface area (TPSA) is 184 Å². The first-order valence-electron chi connectivity index (χ1n) is 22.5. The van der Waals surface area contributed by atoms with Gasteiger partial charge in [-0.1, -0.05) is 28.6 Å². The van der Waals surface area contributed by atoms with Crippen LogP contribution >= 0.6 is 0 Å². The lowest BCUT2D eigenvalue weighted by atomic mass is 9.81. The summed E-state index contributed by atoms with van der Waals surface area (Å²) in [5.74, 6) is -2.03. The molecule has 2 N–H and O–H groups in total. The molecule has 2 atom stereocenters. The number of aryl methyl sites for hydroxylation is 3. The van der Waals surface area contributed by atoms with Gasteiger partial charge in [0.05, 0.1) is 30.9 Å². The molecule has 0 saturated carbocycles. The number of benzene rings is 3. The molecule has 9 rings (SSSR count). The van der Waals surface area contributed by atoms with E-state index in [2.05, 4.69) is 62.1 Å². The van der Waals surface area contributed by atoms with Gasteiger partial charge in [0, 0.05) is 127 Å². The Morgan fingerprint density at radius 3 is 1.96 bits per heavy atom. The Morgan fingerprint density at radius 2 is 1.37 bits per heavy atom. The summed E-state index contributed by atoms with van der Waals surface area (Å²) >= 11 is 0. The van der Waals surface area contributed by atoms with Gasteiger partial charge in [0.1, 0.15) is 17.1 Å². The molecule has 2 aliphatic heterocycles. The van der Waals surface area contributed by atoms with E-state index < -0.39 is 11.7 Å². The van der Waals surface area contributed by atoms with Gasteiger partial charge in [0.2, 0.25) is 11.8 Å². The van der Waals surface area contributed by atoms with Crippen molar-refractivity contribution in [2.75, 3.05) is 66.7 Å². The van der Waals surface area contributed by atoms with Crippen LogP contribution in [0.1, 0.15) is 50.6 Å². The zero-order valence-corrected chi connectivity index (χ0v) is 38.9. The number of furan rings is 1. The predicted molar refractivity (Wildman–Crippen MR) is 256 cm³/mol. The van der Waals surface area contributed by atoms with E-state index in [1.807, 2.05) is 36.2 Å². The fourth-order valence-corrected chi connectivity index (χ4v) is 9.25. The van der Waals surface area contributed by atoms with Gasteiger partial charge in [-0.25, -0.2) is 4.39 Å². The number of fused-ring (bicyclic) bond motifs is 2. The first-order chi connectivity index (χ1) is 32.7. The maximum absolute atomic E-state index is 16.8. The number of aromatic nitrogens is 7. The average Bonchev–Trinajstić information content (AvgIpc) is 4.20. The van der Waals surface area contributed by atoms with E-state index in [0.29, 0.717) is 44.0 Å². The van der Waals surface area contributed by atoms with Crippen molar-refractivity contribution in [2.24, 2.45) is 11.8 Å². The van der Waals surface area contributed by atoms with Gasteiger partial charge >= 0.3 is 0 Å².